The van der Waals surface area contributed by atoms with Crippen LogP contribution in [0.1, 0.15) is 63.4 Å². The van der Waals surface area contributed by atoms with Gasteiger partial charge in [0, 0.05) is 19.5 Å². The number of amides is 3. The van der Waals surface area contributed by atoms with Crippen LogP contribution in [0.25, 0.3) is 0 Å². The molecule has 7 heteroatoms. The van der Waals surface area contributed by atoms with Crippen molar-refractivity contribution in [3.8, 4) is 0 Å². The van der Waals surface area contributed by atoms with Crippen LogP contribution in [0.15, 0.2) is 30.3 Å². The molecule has 1 aromatic carbocycles. The first kappa shape index (κ1) is 21.9. The Morgan fingerprint density at radius 3 is 2.71 bits per heavy atom. The zero-order valence-corrected chi connectivity index (χ0v) is 18.5. The summed E-state index contributed by atoms with van der Waals surface area (Å²) >= 11 is 0. The molecule has 7 nitrogen and oxygen atoms in total. The molecule has 3 amide bonds. The third-order valence-electron chi connectivity index (χ3n) is 7.19. The van der Waals surface area contributed by atoms with Gasteiger partial charge in [0.15, 0.2) is 0 Å². The van der Waals surface area contributed by atoms with Gasteiger partial charge in [0.2, 0.25) is 0 Å². The van der Waals surface area contributed by atoms with E-state index >= 15 is 0 Å². The van der Waals surface area contributed by atoms with Crippen molar-refractivity contribution < 1.29 is 19.1 Å². The number of alkyl carbamates (subject to hydrolysis) is 1. The minimum atomic E-state index is -0.472. The number of rotatable bonds is 5. The van der Waals surface area contributed by atoms with Crippen molar-refractivity contribution in [1.82, 2.24) is 15.5 Å². The summed E-state index contributed by atoms with van der Waals surface area (Å²) in [6.07, 6.45) is 6.49. The predicted molar refractivity (Wildman–Crippen MR) is 118 cm³/mol. The third kappa shape index (κ3) is 4.97. The lowest BCUT2D eigenvalue weighted by atomic mass is 9.78. The number of benzene rings is 1. The standard InChI is InChI=1S/C24H35N3O4/c1-2-25-22(28)27-15-6-13-24(14-16-30-23(29)26-24)21(27)17-31-20-11-9-19(10-12-20)18-7-4-3-5-8-18/h3-5,7-8,19-21H,2,6,9-17H2,1H3,(H,25,28)(H,26,29)/t19-,20+,21-,24+/m1/s1. The molecule has 0 unspecified atom stereocenters. The van der Waals surface area contributed by atoms with Gasteiger partial charge in [-0.25, -0.2) is 9.59 Å². The molecule has 170 valence electrons. The Kier molecular flexibility index (Phi) is 7.00. The van der Waals surface area contributed by atoms with Crippen molar-refractivity contribution >= 4 is 12.1 Å². The quantitative estimate of drug-likeness (QED) is 0.746. The number of urea groups is 1. The number of nitrogens with one attached hydrogen (secondary N) is 2. The number of ether oxygens (including phenoxy) is 2. The second kappa shape index (κ2) is 9.90. The van der Waals surface area contributed by atoms with E-state index in [-0.39, 0.29) is 18.2 Å². The normalized spacial score (nSPS) is 31.1. The molecular weight excluding hydrogens is 394 g/mol. The summed E-state index contributed by atoms with van der Waals surface area (Å²) in [6, 6.07) is 10.5. The van der Waals surface area contributed by atoms with Crippen LogP contribution in [0, 0.1) is 0 Å². The fraction of sp³-hybridized carbons (Fsp3) is 0.667. The molecule has 1 aromatic rings. The van der Waals surface area contributed by atoms with Crippen LogP contribution in [0.2, 0.25) is 0 Å². The van der Waals surface area contributed by atoms with Gasteiger partial charge in [0.1, 0.15) is 0 Å². The number of cyclic esters (lactones) is 1. The van der Waals surface area contributed by atoms with Crippen LogP contribution in [0.3, 0.4) is 0 Å². The molecule has 3 aliphatic rings. The van der Waals surface area contributed by atoms with Gasteiger partial charge in [-0.2, -0.15) is 0 Å². The first-order chi connectivity index (χ1) is 15.1. The maximum absolute atomic E-state index is 12.8. The van der Waals surface area contributed by atoms with E-state index in [4.69, 9.17) is 9.47 Å². The molecule has 0 aromatic heterocycles. The lowest BCUT2D eigenvalue weighted by Gasteiger charge is -2.51. The van der Waals surface area contributed by atoms with Crippen LogP contribution in [-0.4, -0.2) is 61.0 Å². The van der Waals surface area contributed by atoms with Gasteiger partial charge >= 0.3 is 12.1 Å². The second-order valence-electron chi connectivity index (χ2n) is 9.03. The minimum Gasteiger partial charge on any atom is -0.449 e. The van der Waals surface area contributed by atoms with E-state index in [0.29, 0.717) is 38.6 Å². The summed E-state index contributed by atoms with van der Waals surface area (Å²) < 4.78 is 11.5. The Morgan fingerprint density at radius 2 is 2.00 bits per heavy atom. The Balaban J connectivity index is 1.40. The number of hydrogen-bond acceptors (Lipinski definition) is 4. The van der Waals surface area contributed by atoms with E-state index < -0.39 is 11.6 Å². The molecule has 0 bridgehead atoms. The van der Waals surface area contributed by atoms with Crippen molar-refractivity contribution in [1.29, 1.82) is 0 Å². The lowest BCUT2D eigenvalue weighted by molar-refractivity contribution is -0.0525. The minimum absolute atomic E-state index is 0.0799. The molecule has 1 saturated carbocycles. The van der Waals surface area contributed by atoms with Gasteiger partial charge in [-0.05, 0) is 56.9 Å². The van der Waals surface area contributed by atoms with Crippen molar-refractivity contribution in [3.63, 3.8) is 0 Å². The number of likely N-dealkylation sites (tertiary alicyclic amines) is 1. The first-order valence-electron chi connectivity index (χ1n) is 11.8. The first-order valence-corrected chi connectivity index (χ1v) is 11.8. The Bertz CT molecular complexity index is 746. The molecular formula is C24H35N3O4. The number of piperidine rings is 1. The van der Waals surface area contributed by atoms with Gasteiger partial charge in [-0.15, -0.1) is 0 Å². The highest BCUT2D eigenvalue weighted by Gasteiger charge is 2.49. The Morgan fingerprint density at radius 1 is 1.23 bits per heavy atom. The zero-order valence-electron chi connectivity index (χ0n) is 18.5. The molecule has 3 fully saturated rings. The monoisotopic (exact) mass is 429 g/mol. The molecule has 2 aliphatic heterocycles. The van der Waals surface area contributed by atoms with Crippen LogP contribution < -0.4 is 10.6 Å². The van der Waals surface area contributed by atoms with Gasteiger partial charge in [0.05, 0.1) is 30.9 Å². The maximum atomic E-state index is 12.8. The highest BCUT2D eigenvalue weighted by atomic mass is 16.6. The largest absolute Gasteiger partial charge is 0.449 e. The Hall–Kier alpha value is -2.28. The fourth-order valence-corrected chi connectivity index (χ4v) is 5.51. The van der Waals surface area contributed by atoms with E-state index in [1.54, 1.807) is 0 Å². The fourth-order valence-electron chi connectivity index (χ4n) is 5.51. The van der Waals surface area contributed by atoms with E-state index in [1.807, 2.05) is 11.8 Å². The van der Waals surface area contributed by atoms with E-state index in [2.05, 4.69) is 41.0 Å². The van der Waals surface area contributed by atoms with Crippen LogP contribution in [-0.2, 0) is 9.47 Å². The highest BCUT2D eigenvalue weighted by molar-refractivity contribution is 5.75. The maximum Gasteiger partial charge on any atom is 0.407 e. The molecule has 31 heavy (non-hydrogen) atoms. The molecule has 2 atom stereocenters. The summed E-state index contributed by atoms with van der Waals surface area (Å²) in [5.74, 6) is 0.601. The Labute approximate surface area is 184 Å². The molecule has 0 radical (unpaired) electrons. The third-order valence-corrected chi connectivity index (χ3v) is 7.19. The van der Waals surface area contributed by atoms with Crippen molar-refractivity contribution in [3.05, 3.63) is 35.9 Å². The average Bonchev–Trinajstić information content (AvgIpc) is 2.79. The molecule has 1 spiro atoms. The lowest BCUT2D eigenvalue weighted by Crippen LogP contribution is -2.70. The molecule has 2 heterocycles. The summed E-state index contributed by atoms with van der Waals surface area (Å²) in [5, 5.41) is 5.99. The molecule has 4 rings (SSSR count). The topological polar surface area (TPSA) is 79.9 Å². The van der Waals surface area contributed by atoms with Gasteiger partial charge < -0.3 is 25.0 Å². The van der Waals surface area contributed by atoms with Crippen molar-refractivity contribution in [2.45, 2.75) is 75.5 Å². The highest BCUT2D eigenvalue weighted by Crippen LogP contribution is 2.36. The summed E-state index contributed by atoms with van der Waals surface area (Å²) in [4.78, 5) is 26.7. The van der Waals surface area contributed by atoms with Gasteiger partial charge in [-0.1, -0.05) is 30.3 Å². The van der Waals surface area contributed by atoms with E-state index in [0.717, 1.165) is 38.5 Å². The zero-order chi connectivity index (χ0) is 21.7. The number of hydrogen-bond donors (Lipinski definition) is 2. The molecule has 1 aliphatic carbocycles. The van der Waals surface area contributed by atoms with Gasteiger partial charge in [-0.3, -0.25) is 0 Å². The summed E-state index contributed by atoms with van der Waals surface area (Å²) in [6.45, 7) is 4.00. The number of carbonyl (C=O) groups excluding carboxylic acids is 2. The SMILES string of the molecule is CCNC(=O)N1CCC[C@]2(CCOC(=O)N2)[C@H]1CO[C@H]1CC[C@@H](c2ccccc2)CC1. The summed E-state index contributed by atoms with van der Waals surface area (Å²) in [7, 11) is 0. The molecule has 2 N–H and O–H groups in total. The predicted octanol–water partition coefficient (Wildman–Crippen LogP) is 3.79. The second-order valence-corrected chi connectivity index (χ2v) is 9.03. The van der Waals surface area contributed by atoms with E-state index in [9.17, 15) is 9.59 Å². The van der Waals surface area contributed by atoms with Crippen LogP contribution in [0.5, 0.6) is 0 Å². The smallest absolute Gasteiger partial charge is 0.407 e. The van der Waals surface area contributed by atoms with Crippen molar-refractivity contribution in [2.75, 3.05) is 26.3 Å². The number of nitrogens with zero attached hydrogens (tertiary/aromatic N) is 1. The summed E-state index contributed by atoms with van der Waals surface area (Å²) in [5.41, 5.74) is 0.944. The van der Waals surface area contributed by atoms with Crippen molar-refractivity contribution in [2.24, 2.45) is 0 Å². The van der Waals surface area contributed by atoms with Crippen LogP contribution >= 0.6 is 0 Å². The van der Waals surface area contributed by atoms with Crippen LogP contribution in [0.4, 0.5) is 9.59 Å². The number of carbonyl (C=O) groups is 2. The van der Waals surface area contributed by atoms with E-state index in [1.165, 1.54) is 5.56 Å². The molecule has 2 saturated heterocycles. The average molecular weight is 430 g/mol. The van der Waals surface area contributed by atoms with Gasteiger partial charge in [0.25, 0.3) is 0 Å².